The van der Waals surface area contributed by atoms with Crippen LogP contribution < -0.4 is 4.86 Å². The van der Waals surface area contributed by atoms with Crippen LogP contribution in [0, 0.1) is 11.5 Å². The molecule has 0 radical (unpaired) electrons. The van der Waals surface area contributed by atoms with Gasteiger partial charge < -0.3 is 0 Å². The third-order valence-corrected chi connectivity index (χ3v) is 4.93. The van der Waals surface area contributed by atoms with E-state index in [0.29, 0.717) is 4.44 Å². The fourth-order valence-electron chi connectivity index (χ4n) is 0.372. The minimum absolute atomic E-state index is 0.512. The summed E-state index contributed by atoms with van der Waals surface area (Å²) in [6, 6.07) is 0. The Morgan fingerprint density at radius 2 is 2.18 bits per heavy atom. The molecule has 0 bridgehead atoms. The van der Waals surface area contributed by atoms with E-state index in [1.807, 2.05) is 4.86 Å². The van der Waals surface area contributed by atoms with Gasteiger partial charge in [-0.2, -0.15) is 13.7 Å². The van der Waals surface area contributed by atoms with Crippen molar-refractivity contribution >= 4 is 25.9 Å². The smallest absolute Gasteiger partial charge is 0.216 e. The van der Waals surface area contributed by atoms with Crippen LogP contribution in [0.25, 0.3) is 0 Å². The van der Waals surface area contributed by atoms with Crippen LogP contribution in [0.3, 0.4) is 0 Å². The SMILES string of the molecule is N#CN1PNP(F)N(F)P1F. The second-order valence-corrected chi connectivity index (χ2v) is 5.74. The van der Waals surface area contributed by atoms with Crippen LogP contribution in [0.1, 0.15) is 0 Å². The minimum Gasteiger partial charge on any atom is -0.216 e. The first-order valence-corrected chi connectivity index (χ1v) is 5.52. The summed E-state index contributed by atoms with van der Waals surface area (Å²) >= 11 is 0. The molecule has 0 amide bonds. The first kappa shape index (κ1) is 9.38. The van der Waals surface area contributed by atoms with E-state index in [4.69, 9.17) is 5.26 Å². The lowest BCUT2D eigenvalue weighted by Crippen LogP contribution is -2.18. The molecule has 1 N–H and O–H groups in total. The summed E-state index contributed by atoms with van der Waals surface area (Å²) < 4.78 is 37.1. The third-order valence-electron chi connectivity index (χ3n) is 0.789. The molecule has 1 rings (SSSR count). The van der Waals surface area contributed by atoms with Gasteiger partial charge in [0, 0.05) is 0 Å². The Morgan fingerprint density at radius 1 is 1.55 bits per heavy atom. The van der Waals surface area contributed by atoms with Crippen LogP contribution in [0.5, 0.6) is 0 Å². The molecule has 0 aliphatic carbocycles. The quantitative estimate of drug-likeness (QED) is 0.386. The number of hydrogen-bond donors (Lipinski definition) is 1. The van der Waals surface area contributed by atoms with Gasteiger partial charge in [0.1, 0.15) is 0 Å². The maximum atomic E-state index is 12.6. The molecule has 10 heteroatoms. The Balaban J connectivity index is 2.61. The highest BCUT2D eigenvalue weighted by molar-refractivity contribution is 7.74. The van der Waals surface area contributed by atoms with Gasteiger partial charge in [-0.05, 0) is 4.66 Å². The summed E-state index contributed by atoms with van der Waals surface area (Å²) in [6.45, 7) is 0. The highest BCUT2D eigenvalue weighted by Gasteiger charge is 2.39. The molecule has 62 valence electrons. The van der Waals surface area contributed by atoms with Gasteiger partial charge in [-0.3, -0.25) is 0 Å². The lowest BCUT2D eigenvalue weighted by molar-refractivity contribution is 0.250. The number of nitrogens with one attached hydrogen (secondary N) is 1. The number of rotatable bonds is 0. The van der Waals surface area contributed by atoms with E-state index in [-0.39, 0.29) is 0 Å². The van der Waals surface area contributed by atoms with Gasteiger partial charge in [-0.1, -0.05) is 0 Å². The van der Waals surface area contributed by atoms with E-state index >= 15 is 0 Å². The molecule has 0 saturated carbocycles. The van der Waals surface area contributed by atoms with Gasteiger partial charge in [-0.25, -0.2) is 9.30 Å². The molecular weight excluding hydrogens is 218 g/mol. The molecule has 1 saturated heterocycles. The predicted octanol–water partition coefficient (Wildman–Crippen LogP) is 2.46. The molecule has 0 aromatic carbocycles. The van der Waals surface area contributed by atoms with Crippen molar-refractivity contribution in [3.05, 3.63) is 0 Å². The van der Waals surface area contributed by atoms with Gasteiger partial charge in [-0.15, -0.1) is 4.48 Å². The van der Waals surface area contributed by atoms with Crippen LogP contribution in [0.2, 0.25) is 0 Å². The molecule has 3 atom stereocenters. The van der Waals surface area contributed by atoms with Crippen LogP contribution in [-0.4, -0.2) is 9.10 Å². The highest BCUT2D eigenvalue weighted by Crippen LogP contribution is 2.66. The molecule has 1 heterocycles. The maximum absolute atomic E-state index is 12.6. The summed E-state index contributed by atoms with van der Waals surface area (Å²) in [5, 5.41) is 8.18. The van der Waals surface area contributed by atoms with Crippen LogP contribution in [-0.2, 0) is 0 Å². The van der Waals surface area contributed by atoms with Gasteiger partial charge in [0.05, 0.1) is 8.88 Å². The molecule has 0 spiro atoms. The monoisotopic (exact) mass is 220 g/mol. The van der Waals surface area contributed by atoms with Gasteiger partial charge in [0.15, 0.2) is 6.19 Å². The Kier molecular flexibility index (Phi) is 3.24. The van der Waals surface area contributed by atoms with Gasteiger partial charge in [0.2, 0.25) is 0 Å². The van der Waals surface area contributed by atoms with Crippen molar-refractivity contribution in [2.75, 3.05) is 0 Å². The summed E-state index contributed by atoms with van der Waals surface area (Å²) in [5.41, 5.74) is 0. The van der Waals surface area contributed by atoms with Gasteiger partial charge >= 0.3 is 8.53 Å². The van der Waals surface area contributed by atoms with E-state index in [2.05, 4.69) is 0 Å². The van der Waals surface area contributed by atoms with Crippen molar-refractivity contribution in [3.63, 3.8) is 0 Å². The molecule has 1 aliphatic heterocycles. The van der Waals surface area contributed by atoms with Crippen LogP contribution in [0.15, 0.2) is 0 Å². The largest absolute Gasteiger partial charge is 0.314 e. The third kappa shape index (κ3) is 1.90. The molecule has 0 aromatic heterocycles. The van der Waals surface area contributed by atoms with E-state index in [1.54, 1.807) is 0 Å². The number of halogens is 3. The maximum Gasteiger partial charge on any atom is 0.314 e. The zero-order valence-electron chi connectivity index (χ0n) is 4.87. The Hall–Kier alpha value is 0.290. The topological polar surface area (TPSA) is 42.3 Å². The number of hydrogen-bond acceptors (Lipinski definition) is 4. The zero-order valence-corrected chi connectivity index (χ0v) is 7.66. The summed E-state index contributed by atoms with van der Waals surface area (Å²) in [5.74, 6) is 0. The summed E-state index contributed by atoms with van der Waals surface area (Å²) in [7, 11) is -6.16. The summed E-state index contributed by atoms with van der Waals surface area (Å²) in [4.78, 5) is 2.02. The fraction of sp³-hybridized carbons (Fsp3) is 0. The van der Waals surface area contributed by atoms with E-state index in [1.165, 1.54) is 6.19 Å². The molecule has 1 aliphatic rings. The van der Waals surface area contributed by atoms with Crippen molar-refractivity contribution in [2.24, 2.45) is 0 Å². The van der Waals surface area contributed by atoms with Crippen LogP contribution in [0.4, 0.5) is 12.9 Å². The average Bonchev–Trinajstić information content (AvgIpc) is 2.01. The van der Waals surface area contributed by atoms with Crippen LogP contribution >= 0.6 is 25.9 Å². The molecular formula is CH2F3N4P3. The first-order chi connectivity index (χ1) is 5.16. The standard InChI is InChI=1S/CH2F3N4P3/c2-8-10(3)6-9-7(1-5)11(8)4/h6,9H. The minimum atomic E-state index is -2.91. The average molecular weight is 220 g/mol. The Bertz CT molecular complexity index is 184. The number of nitrogens with zero attached hydrogens (tertiary/aromatic N) is 3. The summed E-state index contributed by atoms with van der Waals surface area (Å²) in [6.07, 6.45) is 1.40. The Labute approximate surface area is 65.1 Å². The normalized spacial score (nSPS) is 35.6. The second-order valence-electron chi connectivity index (χ2n) is 1.38. The van der Waals surface area contributed by atoms with Crippen molar-refractivity contribution < 1.29 is 12.9 Å². The molecule has 11 heavy (non-hydrogen) atoms. The Morgan fingerprint density at radius 3 is 2.73 bits per heavy atom. The second kappa shape index (κ2) is 3.80. The predicted molar refractivity (Wildman–Crippen MR) is 37.9 cm³/mol. The van der Waals surface area contributed by atoms with Crippen molar-refractivity contribution in [1.29, 1.82) is 5.26 Å². The highest BCUT2D eigenvalue weighted by atomic mass is 31.3. The zero-order chi connectivity index (χ0) is 8.43. The van der Waals surface area contributed by atoms with Crippen molar-refractivity contribution in [1.82, 2.24) is 14.0 Å². The molecule has 3 unspecified atom stereocenters. The van der Waals surface area contributed by atoms with Gasteiger partial charge in [0.25, 0.3) is 8.53 Å². The van der Waals surface area contributed by atoms with E-state index in [0.717, 1.165) is 0 Å². The van der Waals surface area contributed by atoms with Crippen molar-refractivity contribution in [3.8, 4) is 6.19 Å². The number of nitriles is 1. The van der Waals surface area contributed by atoms with Crippen molar-refractivity contribution in [2.45, 2.75) is 0 Å². The molecule has 1 fully saturated rings. The molecule has 4 nitrogen and oxygen atoms in total. The fourth-order valence-corrected chi connectivity index (χ4v) is 4.04. The lowest BCUT2D eigenvalue weighted by Gasteiger charge is -2.29. The van der Waals surface area contributed by atoms with E-state index < -0.39 is 30.6 Å². The van der Waals surface area contributed by atoms with E-state index in [9.17, 15) is 12.9 Å². The first-order valence-electron chi connectivity index (χ1n) is 2.25. The lowest BCUT2D eigenvalue weighted by atomic mass is 11.5. The molecule has 0 aromatic rings.